The van der Waals surface area contributed by atoms with Crippen molar-refractivity contribution in [3.05, 3.63) is 12.2 Å². The molecule has 0 spiro atoms. The van der Waals surface area contributed by atoms with E-state index >= 15 is 0 Å². The van der Waals surface area contributed by atoms with Gasteiger partial charge in [0, 0.05) is 12.4 Å². The highest BCUT2D eigenvalue weighted by Gasteiger charge is 2.17. The highest BCUT2D eigenvalue weighted by molar-refractivity contribution is 9.09. The fourth-order valence-electron chi connectivity index (χ4n) is 0.794. The Morgan fingerprint density at radius 1 is 1.45 bits per heavy atom. The molecule has 0 N–H and O–H groups in total. The second kappa shape index (κ2) is 4.87. The summed E-state index contributed by atoms with van der Waals surface area (Å²) in [6, 6.07) is 0. The largest absolute Gasteiger partial charge is 0.352 e. The van der Waals surface area contributed by atoms with E-state index < -0.39 is 0 Å². The summed E-state index contributed by atoms with van der Waals surface area (Å²) in [5.74, 6) is 0. The zero-order valence-electron chi connectivity index (χ0n) is 6.33. The fraction of sp³-hybridized carbons (Fsp3) is 0.714. The molecule has 1 heterocycles. The third-order valence-corrected chi connectivity index (χ3v) is 1.61. The molecule has 1 aliphatic heterocycles. The first kappa shape index (κ1) is 9.19. The molecule has 0 aromatic carbocycles. The SMILES string of the molecule is CO[C@@H]1C=C[C@H](OCCBr)O1. The molecule has 1 aliphatic rings. The lowest BCUT2D eigenvalue weighted by atomic mass is 10.5. The van der Waals surface area contributed by atoms with Gasteiger partial charge in [-0.15, -0.1) is 0 Å². The maximum absolute atomic E-state index is 5.25. The van der Waals surface area contributed by atoms with E-state index in [9.17, 15) is 0 Å². The fourth-order valence-corrected chi connectivity index (χ4v) is 0.981. The van der Waals surface area contributed by atoms with Crippen molar-refractivity contribution < 1.29 is 14.2 Å². The van der Waals surface area contributed by atoms with Crippen molar-refractivity contribution in [3.63, 3.8) is 0 Å². The van der Waals surface area contributed by atoms with Crippen molar-refractivity contribution in [1.82, 2.24) is 0 Å². The predicted octanol–water partition coefficient (Wildman–Crippen LogP) is 1.28. The van der Waals surface area contributed by atoms with E-state index in [1.165, 1.54) is 0 Å². The van der Waals surface area contributed by atoms with Crippen LogP contribution in [0.15, 0.2) is 12.2 Å². The summed E-state index contributed by atoms with van der Waals surface area (Å²) in [5.41, 5.74) is 0. The highest BCUT2D eigenvalue weighted by Crippen LogP contribution is 2.12. The van der Waals surface area contributed by atoms with E-state index in [0.29, 0.717) is 6.61 Å². The molecule has 0 aromatic rings. The molecule has 0 amide bonds. The van der Waals surface area contributed by atoms with Crippen LogP contribution in [-0.4, -0.2) is 31.6 Å². The number of ether oxygens (including phenoxy) is 3. The molecular weight excluding hydrogens is 212 g/mol. The van der Waals surface area contributed by atoms with E-state index in [4.69, 9.17) is 14.2 Å². The molecule has 0 unspecified atom stereocenters. The Bertz CT molecular complexity index is 138. The molecular formula is C7H11BrO3. The molecule has 2 atom stereocenters. The van der Waals surface area contributed by atoms with Gasteiger partial charge in [0.1, 0.15) is 0 Å². The number of hydrogen-bond donors (Lipinski definition) is 0. The molecule has 0 aliphatic carbocycles. The molecule has 0 fully saturated rings. The minimum absolute atomic E-state index is 0.238. The molecule has 1 rings (SSSR count). The minimum atomic E-state index is -0.240. The third kappa shape index (κ3) is 2.91. The van der Waals surface area contributed by atoms with Crippen LogP contribution < -0.4 is 0 Å². The van der Waals surface area contributed by atoms with Gasteiger partial charge in [-0.2, -0.15) is 0 Å². The first-order chi connectivity index (χ1) is 5.36. The van der Waals surface area contributed by atoms with Gasteiger partial charge in [-0.25, -0.2) is 0 Å². The van der Waals surface area contributed by atoms with Gasteiger partial charge in [0.25, 0.3) is 0 Å². The predicted molar refractivity (Wildman–Crippen MR) is 44.6 cm³/mol. The van der Waals surface area contributed by atoms with Gasteiger partial charge in [0.15, 0.2) is 12.6 Å². The zero-order chi connectivity index (χ0) is 8.10. The summed E-state index contributed by atoms with van der Waals surface area (Å²) in [6.07, 6.45) is 3.20. The topological polar surface area (TPSA) is 27.7 Å². The van der Waals surface area contributed by atoms with Crippen LogP contribution in [0.4, 0.5) is 0 Å². The monoisotopic (exact) mass is 222 g/mol. The van der Waals surface area contributed by atoms with Crippen LogP contribution >= 0.6 is 15.9 Å². The molecule has 3 nitrogen and oxygen atoms in total. The Labute approximate surface area is 74.4 Å². The van der Waals surface area contributed by atoms with Gasteiger partial charge < -0.3 is 14.2 Å². The molecule has 11 heavy (non-hydrogen) atoms. The Hall–Kier alpha value is 0.1000. The Morgan fingerprint density at radius 3 is 2.73 bits per heavy atom. The lowest BCUT2D eigenvalue weighted by molar-refractivity contribution is -0.181. The normalized spacial score (nSPS) is 29.6. The van der Waals surface area contributed by atoms with E-state index in [-0.39, 0.29) is 12.6 Å². The number of hydrogen-bond acceptors (Lipinski definition) is 3. The Balaban J connectivity index is 2.15. The first-order valence-corrected chi connectivity index (χ1v) is 4.53. The summed E-state index contributed by atoms with van der Waals surface area (Å²) in [5, 5.41) is 0.818. The van der Waals surface area contributed by atoms with E-state index in [2.05, 4.69) is 15.9 Å². The van der Waals surface area contributed by atoms with Gasteiger partial charge in [-0.3, -0.25) is 0 Å². The van der Waals surface area contributed by atoms with Crippen molar-refractivity contribution in [1.29, 1.82) is 0 Å². The molecule has 0 radical (unpaired) electrons. The standard InChI is InChI=1S/C7H11BrO3/c1-9-6-2-3-7(11-6)10-5-4-8/h2-3,6-7H,4-5H2,1H3/t6-,7+/m0/s1. The average Bonchev–Trinajstić information content (AvgIpc) is 2.48. The molecule has 4 heteroatoms. The van der Waals surface area contributed by atoms with Gasteiger partial charge >= 0.3 is 0 Å². The smallest absolute Gasteiger partial charge is 0.180 e. The maximum atomic E-state index is 5.25. The van der Waals surface area contributed by atoms with Gasteiger partial charge in [0.2, 0.25) is 0 Å². The van der Waals surface area contributed by atoms with Crippen LogP contribution in [0.25, 0.3) is 0 Å². The number of halogens is 1. The summed E-state index contributed by atoms with van der Waals surface area (Å²) in [7, 11) is 1.60. The highest BCUT2D eigenvalue weighted by atomic mass is 79.9. The summed E-state index contributed by atoms with van der Waals surface area (Å²) in [4.78, 5) is 0. The molecule has 0 bridgehead atoms. The lowest BCUT2D eigenvalue weighted by Gasteiger charge is -2.12. The summed E-state index contributed by atoms with van der Waals surface area (Å²) in [6.45, 7) is 0.644. The van der Waals surface area contributed by atoms with Gasteiger partial charge in [-0.05, 0) is 12.2 Å². The van der Waals surface area contributed by atoms with Crippen LogP contribution in [0, 0.1) is 0 Å². The number of rotatable bonds is 4. The van der Waals surface area contributed by atoms with Crippen molar-refractivity contribution in [2.45, 2.75) is 12.6 Å². The Morgan fingerprint density at radius 2 is 2.18 bits per heavy atom. The third-order valence-electron chi connectivity index (χ3n) is 1.29. The van der Waals surface area contributed by atoms with Gasteiger partial charge in [0.05, 0.1) is 6.61 Å². The van der Waals surface area contributed by atoms with Crippen LogP contribution in [0.3, 0.4) is 0 Å². The maximum Gasteiger partial charge on any atom is 0.180 e. The number of alkyl halides is 1. The molecule has 0 aromatic heterocycles. The van der Waals surface area contributed by atoms with E-state index in [1.807, 2.05) is 12.2 Å². The minimum Gasteiger partial charge on any atom is -0.352 e. The number of methoxy groups -OCH3 is 1. The molecule has 64 valence electrons. The second-order valence-electron chi connectivity index (χ2n) is 2.05. The lowest BCUT2D eigenvalue weighted by Crippen LogP contribution is -2.17. The first-order valence-electron chi connectivity index (χ1n) is 3.41. The average molecular weight is 223 g/mol. The van der Waals surface area contributed by atoms with Crippen molar-refractivity contribution in [2.75, 3.05) is 19.0 Å². The zero-order valence-corrected chi connectivity index (χ0v) is 7.91. The summed E-state index contributed by atoms with van der Waals surface area (Å²) >= 11 is 3.25. The van der Waals surface area contributed by atoms with Crippen LogP contribution in [-0.2, 0) is 14.2 Å². The van der Waals surface area contributed by atoms with Crippen molar-refractivity contribution >= 4 is 15.9 Å². The molecule has 0 saturated carbocycles. The van der Waals surface area contributed by atoms with Crippen LogP contribution in [0.2, 0.25) is 0 Å². The second-order valence-corrected chi connectivity index (χ2v) is 2.85. The van der Waals surface area contributed by atoms with Crippen molar-refractivity contribution in [2.24, 2.45) is 0 Å². The van der Waals surface area contributed by atoms with Crippen molar-refractivity contribution in [3.8, 4) is 0 Å². The van der Waals surface area contributed by atoms with E-state index in [1.54, 1.807) is 7.11 Å². The van der Waals surface area contributed by atoms with Gasteiger partial charge in [-0.1, -0.05) is 15.9 Å². The van der Waals surface area contributed by atoms with E-state index in [0.717, 1.165) is 5.33 Å². The van der Waals surface area contributed by atoms with Crippen LogP contribution in [0.5, 0.6) is 0 Å². The summed E-state index contributed by atoms with van der Waals surface area (Å²) < 4.78 is 15.4. The molecule has 0 saturated heterocycles. The van der Waals surface area contributed by atoms with Crippen LogP contribution in [0.1, 0.15) is 0 Å². The quantitative estimate of drug-likeness (QED) is 0.530. The Kier molecular flexibility index (Phi) is 4.07.